The Balaban J connectivity index is 2.87. The van der Waals surface area contributed by atoms with Crippen molar-refractivity contribution in [2.24, 2.45) is 0 Å². The summed E-state index contributed by atoms with van der Waals surface area (Å²) in [7, 11) is 0. The van der Waals surface area contributed by atoms with Gasteiger partial charge in [-0.2, -0.15) is 5.26 Å². The van der Waals surface area contributed by atoms with Crippen molar-refractivity contribution >= 4 is 5.91 Å². The second-order valence-corrected chi connectivity index (χ2v) is 3.33. The summed E-state index contributed by atoms with van der Waals surface area (Å²) in [6, 6.07) is 8.94. The summed E-state index contributed by atoms with van der Waals surface area (Å²) >= 11 is 0. The minimum absolute atomic E-state index is 0.179. The summed E-state index contributed by atoms with van der Waals surface area (Å²) in [5, 5.41) is 11.2. The van der Waals surface area contributed by atoms with E-state index >= 15 is 0 Å². The molecule has 1 rings (SSSR count). The zero-order chi connectivity index (χ0) is 11.3. The Bertz CT molecular complexity index is 393. The highest BCUT2D eigenvalue weighted by molar-refractivity contribution is 5.96. The molecule has 0 saturated heterocycles. The molecular weight excluding hydrogens is 188 g/mol. The van der Waals surface area contributed by atoms with Crippen LogP contribution in [0, 0.1) is 11.3 Å². The summed E-state index contributed by atoms with van der Waals surface area (Å²) in [5.41, 5.74) is 1.65. The molecule has 0 heterocycles. The van der Waals surface area contributed by atoms with Crippen molar-refractivity contribution in [1.29, 1.82) is 5.26 Å². The Hall–Kier alpha value is -1.82. The van der Waals surface area contributed by atoms with Gasteiger partial charge in [0.15, 0.2) is 0 Å². The normalized spacial score (nSPS) is 11.5. The molecule has 1 unspecified atom stereocenters. The van der Waals surface area contributed by atoms with Gasteiger partial charge in [0.2, 0.25) is 0 Å². The predicted molar refractivity (Wildman–Crippen MR) is 58.4 cm³/mol. The lowest BCUT2D eigenvalue weighted by Gasteiger charge is -2.09. The highest BCUT2D eigenvalue weighted by Gasteiger charge is 2.11. The topological polar surface area (TPSA) is 52.9 Å². The van der Waals surface area contributed by atoms with Crippen LogP contribution in [0.15, 0.2) is 24.3 Å². The molecule has 0 radical (unpaired) electrons. The number of nitrogens with one attached hydrogen (secondary N) is 1. The lowest BCUT2D eigenvalue weighted by molar-refractivity contribution is 0.0947. The average molecular weight is 202 g/mol. The molecule has 0 aliphatic rings. The molecule has 1 aromatic rings. The fourth-order valence-electron chi connectivity index (χ4n) is 1.36. The molecule has 15 heavy (non-hydrogen) atoms. The third-order valence-electron chi connectivity index (χ3n) is 2.18. The first-order valence-corrected chi connectivity index (χ1v) is 4.97. The third-order valence-corrected chi connectivity index (χ3v) is 2.18. The van der Waals surface area contributed by atoms with Gasteiger partial charge >= 0.3 is 0 Å². The van der Waals surface area contributed by atoms with E-state index in [1.165, 1.54) is 0 Å². The number of nitrogens with zero attached hydrogens (tertiary/aromatic N) is 1. The Labute approximate surface area is 89.7 Å². The molecule has 0 aliphatic carbocycles. The molecule has 3 nitrogen and oxygen atoms in total. The SMILES string of the molecule is CCc1ccccc1C(=O)NC(C)C#N. The number of carbonyl (C=O) groups is 1. The molecule has 1 amide bonds. The predicted octanol–water partition coefficient (Wildman–Crippen LogP) is 1.89. The molecule has 78 valence electrons. The second-order valence-electron chi connectivity index (χ2n) is 3.33. The van der Waals surface area contributed by atoms with E-state index in [4.69, 9.17) is 5.26 Å². The number of aryl methyl sites for hydroxylation is 1. The van der Waals surface area contributed by atoms with E-state index in [1.807, 2.05) is 31.2 Å². The monoisotopic (exact) mass is 202 g/mol. The first kappa shape index (κ1) is 11.3. The van der Waals surface area contributed by atoms with Gasteiger partial charge in [-0.25, -0.2) is 0 Å². The van der Waals surface area contributed by atoms with Crippen LogP contribution in [0.2, 0.25) is 0 Å². The van der Waals surface area contributed by atoms with Crippen molar-refractivity contribution < 1.29 is 4.79 Å². The van der Waals surface area contributed by atoms with Gasteiger partial charge in [-0.15, -0.1) is 0 Å². The quantitative estimate of drug-likeness (QED) is 0.813. The molecule has 1 atom stereocenters. The molecule has 0 bridgehead atoms. The van der Waals surface area contributed by atoms with Crippen molar-refractivity contribution in [3.05, 3.63) is 35.4 Å². The fraction of sp³-hybridized carbons (Fsp3) is 0.333. The van der Waals surface area contributed by atoms with Crippen molar-refractivity contribution in [3.8, 4) is 6.07 Å². The van der Waals surface area contributed by atoms with Crippen LogP contribution in [-0.4, -0.2) is 11.9 Å². The van der Waals surface area contributed by atoms with Gasteiger partial charge in [-0.05, 0) is 25.0 Å². The van der Waals surface area contributed by atoms with Gasteiger partial charge in [0, 0.05) is 5.56 Å². The number of nitriles is 1. The van der Waals surface area contributed by atoms with E-state index in [9.17, 15) is 4.79 Å². The van der Waals surface area contributed by atoms with E-state index in [0.717, 1.165) is 12.0 Å². The van der Waals surface area contributed by atoms with Gasteiger partial charge in [0.25, 0.3) is 5.91 Å². The van der Waals surface area contributed by atoms with Gasteiger partial charge in [-0.1, -0.05) is 25.1 Å². The smallest absolute Gasteiger partial charge is 0.252 e. The number of hydrogen-bond donors (Lipinski definition) is 1. The van der Waals surface area contributed by atoms with Gasteiger partial charge < -0.3 is 5.32 Å². The fourth-order valence-corrected chi connectivity index (χ4v) is 1.36. The average Bonchev–Trinajstić information content (AvgIpc) is 2.28. The maximum absolute atomic E-state index is 11.7. The summed E-state index contributed by atoms with van der Waals surface area (Å²) in [4.78, 5) is 11.7. The summed E-state index contributed by atoms with van der Waals surface area (Å²) in [6.45, 7) is 3.66. The van der Waals surface area contributed by atoms with Crippen molar-refractivity contribution in [2.45, 2.75) is 26.3 Å². The molecule has 0 fully saturated rings. The van der Waals surface area contributed by atoms with Crippen LogP contribution in [0.3, 0.4) is 0 Å². The number of amides is 1. The van der Waals surface area contributed by atoms with E-state index in [1.54, 1.807) is 13.0 Å². The number of carbonyl (C=O) groups excluding carboxylic acids is 1. The highest BCUT2D eigenvalue weighted by atomic mass is 16.1. The Morgan fingerprint density at radius 3 is 2.80 bits per heavy atom. The van der Waals surface area contributed by atoms with Gasteiger partial charge in [0.1, 0.15) is 6.04 Å². The second kappa shape index (κ2) is 5.16. The van der Waals surface area contributed by atoms with E-state index in [2.05, 4.69) is 5.32 Å². The van der Waals surface area contributed by atoms with Crippen LogP contribution in [0.5, 0.6) is 0 Å². The van der Waals surface area contributed by atoms with Crippen LogP contribution in [-0.2, 0) is 6.42 Å². The minimum atomic E-state index is -0.456. The zero-order valence-electron chi connectivity index (χ0n) is 8.95. The molecule has 0 aliphatic heterocycles. The minimum Gasteiger partial charge on any atom is -0.337 e. The van der Waals surface area contributed by atoms with E-state index in [-0.39, 0.29) is 5.91 Å². The van der Waals surface area contributed by atoms with Crippen LogP contribution >= 0.6 is 0 Å². The first-order chi connectivity index (χ1) is 7.19. The Kier molecular flexibility index (Phi) is 3.87. The molecule has 3 heteroatoms. The van der Waals surface area contributed by atoms with Crippen LogP contribution < -0.4 is 5.32 Å². The number of hydrogen-bond acceptors (Lipinski definition) is 2. The van der Waals surface area contributed by atoms with E-state index < -0.39 is 6.04 Å². The standard InChI is InChI=1S/C12H14N2O/c1-3-10-6-4-5-7-11(10)12(15)14-9(2)8-13/h4-7,9H,3H2,1-2H3,(H,14,15). The van der Waals surface area contributed by atoms with Gasteiger partial charge in [0.05, 0.1) is 6.07 Å². The molecule has 0 spiro atoms. The van der Waals surface area contributed by atoms with Crippen LogP contribution in [0.1, 0.15) is 29.8 Å². The highest BCUT2D eigenvalue weighted by Crippen LogP contribution is 2.09. The number of rotatable bonds is 3. The molecular formula is C12H14N2O. The van der Waals surface area contributed by atoms with Crippen LogP contribution in [0.4, 0.5) is 0 Å². The summed E-state index contributed by atoms with van der Waals surface area (Å²) in [6.07, 6.45) is 0.810. The lowest BCUT2D eigenvalue weighted by atomic mass is 10.0. The summed E-state index contributed by atoms with van der Waals surface area (Å²) in [5.74, 6) is -0.179. The molecule has 1 N–H and O–H groups in total. The first-order valence-electron chi connectivity index (χ1n) is 4.97. The summed E-state index contributed by atoms with van der Waals surface area (Å²) < 4.78 is 0. The maximum atomic E-state index is 11.7. The number of benzene rings is 1. The van der Waals surface area contributed by atoms with Crippen molar-refractivity contribution in [3.63, 3.8) is 0 Å². The van der Waals surface area contributed by atoms with Gasteiger partial charge in [-0.3, -0.25) is 4.79 Å². The van der Waals surface area contributed by atoms with Crippen molar-refractivity contribution in [2.75, 3.05) is 0 Å². The molecule has 1 aromatic carbocycles. The maximum Gasteiger partial charge on any atom is 0.252 e. The van der Waals surface area contributed by atoms with Crippen molar-refractivity contribution in [1.82, 2.24) is 5.32 Å². The zero-order valence-corrected chi connectivity index (χ0v) is 8.95. The molecule has 0 saturated carbocycles. The Morgan fingerprint density at radius 2 is 2.20 bits per heavy atom. The largest absolute Gasteiger partial charge is 0.337 e. The Morgan fingerprint density at radius 1 is 1.53 bits per heavy atom. The van der Waals surface area contributed by atoms with E-state index in [0.29, 0.717) is 5.56 Å². The lowest BCUT2D eigenvalue weighted by Crippen LogP contribution is -2.31. The molecule has 0 aromatic heterocycles. The third kappa shape index (κ3) is 2.81. The van der Waals surface area contributed by atoms with Crippen LogP contribution in [0.25, 0.3) is 0 Å².